The Morgan fingerprint density at radius 1 is 1.12 bits per heavy atom. The van der Waals surface area contributed by atoms with Crippen LogP contribution >= 0.6 is 0 Å². The van der Waals surface area contributed by atoms with E-state index in [1.54, 1.807) is 0 Å². The van der Waals surface area contributed by atoms with Crippen LogP contribution in [0, 0.1) is 11.3 Å². The SMILES string of the molecule is CCC(C)(C)N1CCC(C(C)(C)C)CC1C. The lowest BCUT2D eigenvalue weighted by Gasteiger charge is -2.49. The van der Waals surface area contributed by atoms with Gasteiger partial charge >= 0.3 is 0 Å². The molecule has 0 radical (unpaired) electrons. The minimum atomic E-state index is 0.377. The number of hydrogen-bond acceptors (Lipinski definition) is 1. The second kappa shape index (κ2) is 4.68. The van der Waals surface area contributed by atoms with Crippen molar-refractivity contribution in [1.82, 2.24) is 4.90 Å². The van der Waals surface area contributed by atoms with Gasteiger partial charge in [0.05, 0.1) is 0 Å². The van der Waals surface area contributed by atoms with Gasteiger partial charge < -0.3 is 0 Å². The van der Waals surface area contributed by atoms with E-state index in [-0.39, 0.29) is 0 Å². The summed E-state index contributed by atoms with van der Waals surface area (Å²) in [7, 11) is 0. The fourth-order valence-electron chi connectivity index (χ4n) is 3.06. The molecule has 96 valence electrons. The summed E-state index contributed by atoms with van der Waals surface area (Å²) in [6.07, 6.45) is 3.99. The van der Waals surface area contributed by atoms with Crippen molar-refractivity contribution in [3.05, 3.63) is 0 Å². The molecule has 1 aliphatic rings. The first-order valence-corrected chi connectivity index (χ1v) is 6.95. The van der Waals surface area contributed by atoms with Crippen LogP contribution in [-0.4, -0.2) is 23.0 Å². The summed E-state index contributed by atoms with van der Waals surface area (Å²) >= 11 is 0. The fraction of sp³-hybridized carbons (Fsp3) is 1.00. The first kappa shape index (κ1) is 14.0. The second-order valence-electron chi connectivity index (χ2n) is 7.30. The van der Waals surface area contributed by atoms with Crippen molar-refractivity contribution in [3.8, 4) is 0 Å². The fourth-order valence-corrected chi connectivity index (χ4v) is 3.06. The topological polar surface area (TPSA) is 3.24 Å². The van der Waals surface area contributed by atoms with Crippen molar-refractivity contribution >= 4 is 0 Å². The summed E-state index contributed by atoms with van der Waals surface area (Å²) in [5, 5.41) is 0. The van der Waals surface area contributed by atoms with Gasteiger partial charge in [0.25, 0.3) is 0 Å². The molecule has 0 aromatic heterocycles. The Morgan fingerprint density at radius 3 is 2.06 bits per heavy atom. The zero-order valence-corrected chi connectivity index (χ0v) is 12.4. The van der Waals surface area contributed by atoms with Crippen molar-refractivity contribution in [1.29, 1.82) is 0 Å². The summed E-state index contributed by atoms with van der Waals surface area (Å²) in [6.45, 7) is 18.0. The molecule has 16 heavy (non-hydrogen) atoms. The third-order valence-corrected chi connectivity index (χ3v) is 4.74. The highest BCUT2D eigenvalue weighted by atomic mass is 15.2. The van der Waals surface area contributed by atoms with E-state index in [9.17, 15) is 0 Å². The van der Waals surface area contributed by atoms with Gasteiger partial charge in [-0.15, -0.1) is 0 Å². The van der Waals surface area contributed by atoms with E-state index in [1.165, 1.54) is 25.8 Å². The van der Waals surface area contributed by atoms with E-state index in [0.29, 0.717) is 11.0 Å². The van der Waals surface area contributed by atoms with Gasteiger partial charge in [-0.05, 0) is 57.9 Å². The van der Waals surface area contributed by atoms with E-state index in [4.69, 9.17) is 0 Å². The highest BCUT2D eigenvalue weighted by Gasteiger charge is 2.37. The molecule has 0 saturated carbocycles. The van der Waals surface area contributed by atoms with Crippen LogP contribution in [0.2, 0.25) is 0 Å². The van der Waals surface area contributed by atoms with E-state index in [2.05, 4.69) is 53.4 Å². The first-order chi connectivity index (χ1) is 7.18. The summed E-state index contributed by atoms with van der Waals surface area (Å²) in [5.74, 6) is 0.895. The molecule has 2 atom stereocenters. The van der Waals surface area contributed by atoms with Crippen LogP contribution in [0.3, 0.4) is 0 Å². The molecule has 0 amide bonds. The maximum atomic E-state index is 2.72. The van der Waals surface area contributed by atoms with Crippen LogP contribution in [0.5, 0.6) is 0 Å². The minimum Gasteiger partial charge on any atom is -0.296 e. The number of nitrogens with zero attached hydrogens (tertiary/aromatic N) is 1. The monoisotopic (exact) mass is 225 g/mol. The zero-order chi connectivity index (χ0) is 12.6. The van der Waals surface area contributed by atoms with Crippen LogP contribution < -0.4 is 0 Å². The Bertz CT molecular complexity index is 224. The van der Waals surface area contributed by atoms with Crippen molar-refractivity contribution in [3.63, 3.8) is 0 Å². The highest BCUT2D eigenvalue weighted by Crippen LogP contribution is 2.39. The molecule has 0 spiro atoms. The zero-order valence-electron chi connectivity index (χ0n) is 12.4. The van der Waals surface area contributed by atoms with Crippen LogP contribution in [0.4, 0.5) is 0 Å². The Kier molecular flexibility index (Phi) is 4.10. The van der Waals surface area contributed by atoms with Crippen molar-refractivity contribution in [2.24, 2.45) is 11.3 Å². The summed E-state index contributed by atoms with van der Waals surface area (Å²) < 4.78 is 0. The lowest BCUT2D eigenvalue weighted by atomic mass is 9.72. The Hall–Kier alpha value is -0.0400. The molecule has 1 aliphatic heterocycles. The van der Waals surface area contributed by atoms with Crippen molar-refractivity contribution in [2.45, 2.75) is 79.3 Å². The number of likely N-dealkylation sites (tertiary alicyclic amines) is 1. The van der Waals surface area contributed by atoms with Crippen LogP contribution in [0.15, 0.2) is 0 Å². The Labute approximate surface area is 103 Å². The normalized spacial score (nSPS) is 29.4. The van der Waals surface area contributed by atoms with Gasteiger partial charge in [0, 0.05) is 11.6 Å². The molecule has 0 aliphatic carbocycles. The number of piperidine rings is 1. The lowest BCUT2D eigenvalue weighted by molar-refractivity contribution is 0.00125. The summed E-state index contributed by atoms with van der Waals surface area (Å²) in [5.41, 5.74) is 0.860. The predicted octanol–water partition coefficient (Wildman–Crippen LogP) is 4.32. The molecule has 1 nitrogen and oxygen atoms in total. The molecule has 0 N–H and O–H groups in total. The van der Waals surface area contributed by atoms with E-state index < -0.39 is 0 Å². The third-order valence-electron chi connectivity index (χ3n) is 4.74. The molecule has 1 rings (SSSR count). The van der Waals surface area contributed by atoms with E-state index in [1.807, 2.05) is 0 Å². The molecule has 0 bridgehead atoms. The largest absolute Gasteiger partial charge is 0.296 e. The average Bonchev–Trinajstić information content (AvgIpc) is 2.16. The van der Waals surface area contributed by atoms with Gasteiger partial charge in [0.2, 0.25) is 0 Å². The molecule has 1 fully saturated rings. The van der Waals surface area contributed by atoms with Crippen LogP contribution in [0.1, 0.15) is 67.7 Å². The Balaban J connectivity index is 2.66. The quantitative estimate of drug-likeness (QED) is 0.676. The second-order valence-corrected chi connectivity index (χ2v) is 7.30. The van der Waals surface area contributed by atoms with Crippen LogP contribution in [0.25, 0.3) is 0 Å². The van der Waals surface area contributed by atoms with Crippen molar-refractivity contribution in [2.75, 3.05) is 6.54 Å². The molecule has 0 aromatic rings. The standard InChI is InChI=1S/C15H31N/c1-8-15(6,7)16-10-9-13(11-12(16)2)14(3,4)5/h12-13H,8-11H2,1-7H3. The average molecular weight is 225 g/mol. The highest BCUT2D eigenvalue weighted by molar-refractivity contribution is 4.91. The molecular weight excluding hydrogens is 194 g/mol. The molecule has 2 unspecified atom stereocenters. The van der Waals surface area contributed by atoms with E-state index in [0.717, 1.165) is 12.0 Å². The number of hydrogen-bond donors (Lipinski definition) is 0. The summed E-state index contributed by atoms with van der Waals surface area (Å²) in [6, 6.07) is 0.743. The lowest BCUT2D eigenvalue weighted by Crippen LogP contribution is -2.53. The molecular formula is C15H31N. The number of rotatable bonds is 2. The minimum absolute atomic E-state index is 0.377. The molecule has 0 aromatic carbocycles. The van der Waals surface area contributed by atoms with Gasteiger partial charge in [-0.3, -0.25) is 4.90 Å². The van der Waals surface area contributed by atoms with Crippen molar-refractivity contribution < 1.29 is 0 Å². The summed E-state index contributed by atoms with van der Waals surface area (Å²) in [4.78, 5) is 2.72. The maximum absolute atomic E-state index is 2.72. The molecule has 1 heteroatoms. The molecule has 1 heterocycles. The van der Waals surface area contributed by atoms with Gasteiger partial charge in [-0.2, -0.15) is 0 Å². The van der Waals surface area contributed by atoms with Gasteiger partial charge in [-0.25, -0.2) is 0 Å². The smallest absolute Gasteiger partial charge is 0.0153 e. The third kappa shape index (κ3) is 3.00. The predicted molar refractivity (Wildman–Crippen MR) is 72.7 cm³/mol. The molecule has 1 saturated heterocycles. The van der Waals surface area contributed by atoms with Gasteiger partial charge in [0.1, 0.15) is 0 Å². The first-order valence-electron chi connectivity index (χ1n) is 6.95. The van der Waals surface area contributed by atoms with Crippen LogP contribution in [-0.2, 0) is 0 Å². The Morgan fingerprint density at radius 2 is 1.69 bits per heavy atom. The van der Waals surface area contributed by atoms with Gasteiger partial charge in [-0.1, -0.05) is 27.7 Å². The van der Waals surface area contributed by atoms with Gasteiger partial charge in [0.15, 0.2) is 0 Å². The van der Waals surface area contributed by atoms with E-state index >= 15 is 0 Å². The maximum Gasteiger partial charge on any atom is 0.0153 e.